The van der Waals surface area contributed by atoms with Gasteiger partial charge in [0.05, 0.1) is 10.4 Å². The van der Waals surface area contributed by atoms with Crippen molar-refractivity contribution in [1.82, 2.24) is 14.9 Å². The lowest BCUT2D eigenvalue weighted by atomic mass is 10.1. The molecule has 0 atom stereocenters. The summed E-state index contributed by atoms with van der Waals surface area (Å²) < 4.78 is 1.06. The molecule has 0 radical (unpaired) electrons. The summed E-state index contributed by atoms with van der Waals surface area (Å²) in [5.74, 6) is 0.893. The van der Waals surface area contributed by atoms with E-state index in [4.69, 9.17) is 0 Å². The van der Waals surface area contributed by atoms with Crippen LogP contribution in [-0.2, 0) is 0 Å². The number of amides is 1. The van der Waals surface area contributed by atoms with Crippen LogP contribution in [0, 0.1) is 6.92 Å². The van der Waals surface area contributed by atoms with Crippen LogP contribution in [0.4, 0.5) is 10.9 Å². The molecule has 0 spiro atoms. The molecule has 0 aliphatic carbocycles. The fourth-order valence-electron chi connectivity index (χ4n) is 2.95. The summed E-state index contributed by atoms with van der Waals surface area (Å²) in [6.45, 7) is 7.80. The Labute approximate surface area is 180 Å². The van der Waals surface area contributed by atoms with E-state index in [-0.39, 0.29) is 5.91 Å². The first-order valence-electron chi connectivity index (χ1n) is 9.82. The first kappa shape index (κ1) is 21.3. The van der Waals surface area contributed by atoms with E-state index in [1.165, 1.54) is 0 Å². The van der Waals surface area contributed by atoms with Crippen LogP contribution in [0.15, 0.2) is 57.9 Å². The van der Waals surface area contributed by atoms with Gasteiger partial charge in [-0.25, -0.2) is 9.97 Å². The fraction of sp³-hybridized carbons (Fsp3) is 0.318. The molecule has 0 bridgehead atoms. The average molecular weight is 427 g/mol. The molecule has 0 aliphatic rings. The third kappa shape index (κ3) is 5.81. The molecule has 2 aromatic heterocycles. The SMILES string of the molecule is CCCN(CCC)C(=O)c1cc(Sc2cnc(Nc3ccccn3)s2)ccc1C. The summed E-state index contributed by atoms with van der Waals surface area (Å²) in [6.07, 6.45) is 5.53. The topological polar surface area (TPSA) is 58.1 Å². The lowest BCUT2D eigenvalue weighted by molar-refractivity contribution is 0.0754. The molecule has 1 N–H and O–H groups in total. The highest BCUT2D eigenvalue weighted by molar-refractivity contribution is 8.01. The molecule has 1 aromatic carbocycles. The molecular weight excluding hydrogens is 400 g/mol. The highest BCUT2D eigenvalue weighted by Gasteiger charge is 2.17. The van der Waals surface area contributed by atoms with E-state index in [1.807, 2.05) is 48.4 Å². The van der Waals surface area contributed by atoms with Crippen LogP contribution in [0.1, 0.15) is 42.6 Å². The lowest BCUT2D eigenvalue weighted by Crippen LogP contribution is -2.33. The van der Waals surface area contributed by atoms with Gasteiger partial charge >= 0.3 is 0 Å². The summed E-state index contributed by atoms with van der Waals surface area (Å²) in [5.41, 5.74) is 1.80. The van der Waals surface area contributed by atoms with Crippen molar-refractivity contribution in [2.45, 2.75) is 42.7 Å². The molecule has 29 heavy (non-hydrogen) atoms. The number of anilines is 2. The van der Waals surface area contributed by atoms with E-state index in [0.717, 1.165) is 57.1 Å². The Morgan fingerprint density at radius 2 is 1.93 bits per heavy atom. The van der Waals surface area contributed by atoms with Crippen molar-refractivity contribution >= 4 is 40.0 Å². The van der Waals surface area contributed by atoms with Crippen LogP contribution >= 0.6 is 23.1 Å². The highest BCUT2D eigenvalue weighted by Crippen LogP contribution is 2.35. The van der Waals surface area contributed by atoms with Gasteiger partial charge in [-0.15, -0.1) is 0 Å². The summed E-state index contributed by atoms with van der Waals surface area (Å²) in [4.78, 5) is 24.7. The summed E-state index contributed by atoms with van der Waals surface area (Å²) in [5, 5.41) is 4.01. The highest BCUT2D eigenvalue weighted by atomic mass is 32.2. The number of pyridine rings is 1. The van der Waals surface area contributed by atoms with Gasteiger partial charge in [-0.1, -0.05) is 49.1 Å². The average Bonchev–Trinajstić information content (AvgIpc) is 3.16. The number of aromatic nitrogens is 2. The smallest absolute Gasteiger partial charge is 0.254 e. The standard InChI is InChI=1S/C22H26N4OS2/c1-4-12-26(13-5-2)21(27)18-14-17(10-9-16(18)3)28-20-15-24-22(29-20)25-19-8-6-7-11-23-19/h6-11,14-15H,4-5,12-13H2,1-3H3,(H,23,24,25). The minimum absolute atomic E-state index is 0.121. The van der Waals surface area contributed by atoms with Crippen molar-refractivity contribution in [3.63, 3.8) is 0 Å². The van der Waals surface area contributed by atoms with E-state index in [2.05, 4.69) is 35.2 Å². The van der Waals surface area contributed by atoms with Crippen LogP contribution in [0.3, 0.4) is 0 Å². The number of aryl methyl sites for hydroxylation is 1. The Morgan fingerprint density at radius 1 is 1.14 bits per heavy atom. The Balaban J connectivity index is 1.74. The molecule has 0 fully saturated rings. The van der Waals surface area contributed by atoms with Gasteiger partial charge in [-0.2, -0.15) is 0 Å². The first-order chi connectivity index (χ1) is 14.1. The van der Waals surface area contributed by atoms with Gasteiger partial charge in [0.2, 0.25) is 0 Å². The number of hydrogen-bond acceptors (Lipinski definition) is 6. The van der Waals surface area contributed by atoms with Crippen molar-refractivity contribution in [2.24, 2.45) is 0 Å². The van der Waals surface area contributed by atoms with Crippen LogP contribution in [0.25, 0.3) is 0 Å². The number of nitrogens with one attached hydrogen (secondary N) is 1. The predicted octanol–water partition coefficient (Wildman–Crippen LogP) is 6.00. The molecule has 0 aliphatic heterocycles. The van der Waals surface area contributed by atoms with E-state index in [0.29, 0.717) is 0 Å². The number of benzene rings is 1. The zero-order valence-corrected chi connectivity index (χ0v) is 18.6. The second-order valence-electron chi connectivity index (χ2n) is 6.70. The van der Waals surface area contributed by atoms with Gasteiger partial charge in [0.25, 0.3) is 5.91 Å². The molecule has 0 saturated heterocycles. The number of rotatable bonds is 9. The van der Waals surface area contributed by atoms with Crippen LogP contribution in [0.2, 0.25) is 0 Å². The molecule has 3 aromatic rings. The van der Waals surface area contributed by atoms with Crippen molar-refractivity contribution in [1.29, 1.82) is 0 Å². The summed E-state index contributed by atoms with van der Waals surface area (Å²) in [7, 11) is 0. The van der Waals surface area contributed by atoms with Crippen LogP contribution in [0.5, 0.6) is 0 Å². The molecular formula is C22H26N4OS2. The predicted molar refractivity (Wildman–Crippen MR) is 121 cm³/mol. The second-order valence-corrected chi connectivity index (χ2v) is 9.10. The van der Waals surface area contributed by atoms with Crippen LogP contribution < -0.4 is 5.32 Å². The molecule has 0 unspecified atom stereocenters. The van der Waals surface area contributed by atoms with Crippen molar-refractivity contribution < 1.29 is 4.79 Å². The Morgan fingerprint density at radius 3 is 2.62 bits per heavy atom. The molecule has 152 valence electrons. The van der Waals surface area contributed by atoms with Crippen molar-refractivity contribution in [3.05, 3.63) is 59.9 Å². The second kappa shape index (κ2) is 10.4. The molecule has 0 saturated carbocycles. The number of thiazole rings is 1. The van der Waals surface area contributed by atoms with Crippen molar-refractivity contribution in [3.8, 4) is 0 Å². The molecule has 5 nitrogen and oxygen atoms in total. The maximum atomic E-state index is 13.0. The number of hydrogen-bond donors (Lipinski definition) is 1. The van der Waals surface area contributed by atoms with Gasteiger partial charge in [-0.05, 0) is 49.6 Å². The maximum absolute atomic E-state index is 13.0. The quantitative estimate of drug-likeness (QED) is 0.454. The maximum Gasteiger partial charge on any atom is 0.254 e. The third-order valence-electron chi connectivity index (χ3n) is 4.32. The molecule has 1 amide bonds. The normalized spacial score (nSPS) is 10.7. The fourth-order valence-corrected chi connectivity index (χ4v) is 4.85. The monoisotopic (exact) mass is 426 g/mol. The first-order valence-corrected chi connectivity index (χ1v) is 11.5. The minimum atomic E-state index is 0.121. The number of carbonyl (C=O) groups is 1. The van der Waals surface area contributed by atoms with Gasteiger partial charge in [0.15, 0.2) is 5.13 Å². The van der Waals surface area contributed by atoms with Crippen molar-refractivity contribution in [2.75, 3.05) is 18.4 Å². The lowest BCUT2D eigenvalue weighted by Gasteiger charge is -2.22. The Hall–Kier alpha value is -2.38. The van der Waals surface area contributed by atoms with Gasteiger partial charge < -0.3 is 10.2 Å². The van der Waals surface area contributed by atoms with Gasteiger partial charge in [0, 0.05) is 29.7 Å². The molecule has 3 rings (SSSR count). The van der Waals surface area contributed by atoms with E-state index in [9.17, 15) is 4.79 Å². The number of nitrogens with zero attached hydrogens (tertiary/aromatic N) is 3. The largest absolute Gasteiger partial charge is 0.339 e. The minimum Gasteiger partial charge on any atom is -0.339 e. The molecule has 2 heterocycles. The van der Waals surface area contributed by atoms with Gasteiger partial charge in [0.1, 0.15) is 5.82 Å². The zero-order valence-electron chi connectivity index (χ0n) is 17.0. The number of carbonyl (C=O) groups excluding carboxylic acids is 1. The summed E-state index contributed by atoms with van der Waals surface area (Å²) in [6, 6.07) is 11.8. The summed E-state index contributed by atoms with van der Waals surface area (Å²) >= 11 is 3.19. The van der Waals surface area contributed by atoms with E-state index < -0.39 is 0 Å². The molecule has 7 heteroatoms. The Kier molecular flexibility index (Phi) is 7.66. The van der Waals surface area contributed by atoms with E-state index in [1.54, 1.807) is 29.3 Å². The van der Waals surface area contributed by atoms with E-state index >= 15 is 0 Å². The Bertz CT molecular complexity index is 937. The third-order valence-corrected chi connectivity index (χ3v) is 6.32. The zero-order chi connectivity index (χ0) is 20.6. The van der Waals surface area contributed by atoms with Gasteiger partial charge in [-0.3, -0.25) is 4.79 Å². The van der Waals surface area contributed by atoms with Crippen LogP contribution in [-0.4, -0.2) is 33.9 Å².